The summed E-state index contributed by atoms with van der Waals surface area (Å²) in [4.78, 5) is 18.3. The lowest BCUT2D eigenvalue weighted by Gasteiger charge is -1.97. The number of aromatic hydroxyl groups is 1. The maximum Gasteiger partial charge on any atom is 0.222 e. The van der Waals surface area contributed by atoms with Crippen LogP contribution in [0.5, 0.6) is 5.75 Å². The van der Waals surface area contributed by atoms with E-state index in [1.54, 1.807) is 24.3 Å². The molecule has 0 aliphatic rings. The van der Waals surface area contributed by atoms with Gasteiger partial charge in [-0.3, -0.25) is 4.79 Å². The van der Waals surface area contributed by atoms with Crippen LogP contribution in [-0.2, 0) is 4.79 Å². The second-order valence-corrected chi connectivity index (χ2v) is 3.79. The number of benzene rings is 1. The molecule has 0 radical (unpaired) electrons. The number of carbonyl (C=O) groups excluding carboxylic acids is 1. The first kappa shape index (κ1) is 11.2. The van der Waals surface area contributed by atoms with Gasteiger partial charge in [-0.25, -0.2) is 4.98 Å². The van der Waals surface area contributed by atoms with Crippen LogP contribution in [0.1, 0.15) is 12.6 Å². The molecule has 2 aromatic rings. The number of carbonyl (C=O) groups is 1. The molecule has 0 fully saturated rings. The van der Waals surface area contributed by atoms with Gasteiger partial charge in [-0.2, -0.15) is 0 Å². The second kappa shape index (κ2) is 4.29. The smallest absolute Gasteiger partial charge is 0.222 e. The lowest BCUT2D eigenvalue weighted by molar-refractivity contribution is -0.114. The average molecular weight is 231 g/mol. The lowest BCUT2D eigenvalue weighted by Crippen LogP contribution is -2.06. The number of phenolic OH excluding ortho intramolecular Hbond substituents is 1. The van der Waals surface area contributed by atoms with Gasteiger partial charge in [0.25, 0.3) is 0 Å². The largest absolute Gasteiger partial charge is 0.508 e. The third kappa shape index (κ3) is 2.44. The third-order valence-electron chi connectivity index (χ3n) is 2.32. The highest BCUT2D eigenvalue weighted by atomic mass is 16.3. The van der Waals surface area contributed by atoms with Crippen molar-refractivity contribution in [1.29, 1.82) is 0 Å². The van der Waals surface area contributed by atoms with E-state index in [-0.39, 0.29) is 11.7 Å². The molecule has 0 aliphatic carbocycles. The van der Waals surface area contributed by atoms with E-state index in [1.165, 1.54) is 6.92 Å². The monoisotopic (exact) mass is 231 g/mol. The van der Waals surface area contributed by atoms with Crippen LogP contribution in [0.15, 0.2) is 24.3 Å². The van der Waals surface area contributed by atoms with Crippen molar-refractivity contribution in [2.75, 3.05) is 5.32 Å². The van der Waals surface area contributed by atoms with E-state index in [0.717, 1.165) is 11.3 Å². The average Bonchev–Trinajstić information content (AvgIpc) is 2.60. The Morgan fingerprint density at radius 2 is 2.00 bits per heavy atom. The molecular formula is C12H13N3O2. The van der Waals surface area contributed by atoms with Crippen LogP contribution in [-0.4, -0.2) is 21.0 Å². The number of imidazole rings is 1. The summed E-state index contributed by atoms with van der Waals surface area (Å²) in [6, 6.07) is 6.69. The molecule has 2 rings (SSSR count). The summed E-state index contributed by atoms with van der Waals surface area (Å²) >= 11 is 0. The standard InChI is InChI=1S/C12H13N3O2/c1-7-11(14-8(2)16)15-12(13-7)9-3-5-10(17)6-4-9/h3-6,17H,1-2H3,(H,13,15)(H,14,16). The van der Waals surface area contributed by atoms with Gasteiger partial charge in [0.2, 0.25) is 5.91 Å². The summed E-state index contributed by atoms with van der Waals surface area (Å²) in [5.74, 6) is 1.24. The number of aromatic nitrogens is 2. The number of anilines is 1. The topological polar surface area (TPSA) is 78.0 Å². The van der Waals surface area contributed by atoms with Crippen molar-refractivity contribution in [3.63, 3.8) is 0 Å². The molecule has 5 nitrogen and oxygen atoms in total. The molecule has 1 heterocycles. The Bertz CT molecular complexity index is 543. The molecule has 0 saturated carbocycles. The van der Waals surface area contributed by atoms with Gasteiger partial charge in [-0.15, -0.1) is 0 Å². The first-order chi connectivity index (χ1) is 8.06. The molecule has 88 valence electrons. The van der Waals surface area contributed by atoms with E-state index < -0.39 is 0 Å². The molecule has 0 unspecified atom stereocenters. The predicted octanol–water partition coefficient (Wildman–Crippen LogP) is 2.05. The molecule has 1 aromatic carbocycles. The highest BCUT2D eigenvalue weighted by molar-refractivity contribution is 5.88. The van der Waals surface area contributed by atoms with Gasteiger partial charge >= 0.3 is 0 Å². The van der Waals surface area contributed by atoms with Gasteiger partial charge in [-0.05, 0) is 31.2 Å². The zero-order chi connectivity index (χ0) is 12.4. The Morgan fingerprint density at radius 1 is 1.35 bits per heavy atom. The minimum Gasteiger partial charge on any atom is -0.508 e. The van der Waals surface area contributed by atoms with Gasteiger partial charge in [0, 0.05) is 12.5 Å². The van der Waals surface area contributed by atoms with Crippen LogP contribution in [0.25, 0.3) is 11.4 Å². The molecule has 17 heavy (non-hydrogen) atoms. The SMILES string of the molecule is CC(=O)Nc1nc(-c2ccc(O)cc2)[nH]c1C. The van der Waals surface area contributed by atoms with Gasteiger partial charge in [0.15, 0.2) is 5.82 Å². The van der Waals surface area contributed by atoms with Crippen molar-refractivity contribution >= 4 is 11.7 Å². The van der Waals surface area contributed by atoms with E-state index in [0.29, 0.717) is 11.6 Å². The summed E-state index contributed by atoms with van der Waals surface area (Å²) in [6.07, 6.45) is 0. The number of rotatable bonds is 2. The molecule has 0 aliphatic heterocycles. The Balaban J connectivity index is 2.34. The lowest BCUT2D eigenvalue weighted by atomic mass is 10.2. The van der Waals surface area contributed by atoms with Crippen LogP contribution < -0.4 is 5.32 Å². The molecule has 3 N–H and O–H groups in total. The minimum atomic E-state index is -0.156. The normalized spacial score (nSPS) is 10.2. The zero-order valence-corrected chi connectivity index (χ0v) is 9.61. The Morgan fingerprint density at radius 3 is 2.59 bits per heavy atom. The van der Waals surface area contributed by atoms with E-state index in [9.17, 15) is 9.90 Å². The molecular weight excluding hydrogens is 218 g/mol. The summed E-state index contributed by atoms with van der Waals surface area (Å²) in [5.41, 5.74) is 1.64. The fraction of sp³-hybridized carbons (Fsp3) is 0.167. The Labute approximate surface area is 98.5 Å². The van der Waals surface area contributed by atoms with E-state index >= 15 is 0 Å². The molecule has 0 spiro atoms. The van der Waals surface area contributed by atoms with Gasteiger partial charge < -0.3 is 15.4 Å². The molecule has 0 saturated heterocycles. The molecule has 5 heteroatoms. The summed E-state index contributed by atoms with van der Waals surface area (Å²) in [6.45, 7) is 3.27. The number of nitrogens with one attached hydrogen (secondary N) is 2. The number of phenols is 1. The van der Waals surface area contributed by atoms with Crippen LogP contribution in [0.3, 0.4) is 0 Å². The molecule has 0 atom stereocenters. The number of amides is 1. The van der Waals surface area contributed by atoms with E-state index in [2.05, 4.69) is 15.3 Å². The zero-order valence-electron chi connectivity index (χ0n) is 9.61. The summed E-state index contributed by atoms with van der Waals surface area (Å²) in [7, 11) is 0. The first-order valence-electron chi connectivity index (χ1n) is 5.20. The van der Waals surface area contributed by atoms with Crippen molar-refractivity contribution in [3.8, 4) is 17.1 Å². The van der Waals surface area contributed by atoms with Crippen molar-refractivity contribution in [3.05, 3.63) is 30.0 Å². The van der Waals surface area contributed by atoms with Gasteiger partial charge in [0.1, 0.15) is 11.6 Å². The molecule has 0 bridgehead atoms. The highest BCUT2D eigenvalue weighted by Crippen LogP contribution is 2.22. The number of aryl methyl sites for hydroxylation is 1. The maximum atomic E-state index is 11.0. The van der Waals surface area contributed by atoms with Crippen molar-refractivity contribution in [1.82, 2.24) is 9.97 Å². The molecule has 1 aromatic heterocycles. The van der Waals surface area contributed by atoms with Crippen molar-refractivity contribution in [2.24, 2.45) is 0 Å². The summed E-state index contributed by atoms with van der Waals surface area (Å²) < 4.78 is 0. The van der Waals surface area contributed by atoms with Gasteiger partial charge in [-0.1, -0.05) is 0 Å². The maximum absolute atomic E-state index is 11.0. The Kier molecular flexibility index (Phi) is 2.82. The van der Waals surface area contributed by atoms with Crippen molar-refractivity contribution in [2.45, 2.75) is 13.8 Å². The number of H-pyrrole nitrogens is 1. The second-order valence-electron chi connectivity index (χ2n) is 3.79. The predicted molar refractivity (Wildman–Crippen MR) is 64.7 cm³/mol. The van der Waals surface area contributed by atoms with Crippen LogP contribution >= 0.6 is 0 Å². The Hall–Kier alpha value is -2.30. The minimum absolute atomic E-state index is 0.156. The number of hydrogen-bond donors (Lipinski definition) is 3. The van der Waals surface area contributed by atoms with Crippen molar-refractivity contribution < 1.29 is 9.90 Å². The quantitative estimate of drug-likeness (QED) is 0.740. The summed E-state index contributed by atoms with van der Waals surface area (Å²) in [5, 5.41) is 11.8. The number of hydrogen-bond acceptors (Lipinski definition) is 3. The molecule has 1 amide bonds. The van der Waals surface area contributed by atoms with Gasteiger partial charge in [0.05, 0.1) is 5.69 Å². The fourth-order valence-corrected chi connectivity index (χ4v) is 1.50. The number of aromatic amines is 1. The van der Waals surface area contributed by atoms with E-state index in [1.807, 2.05) is 6.92 Å². The number of nitrogens with zero attached hydrogens (tertiary/aromatic N) is 1. The van der Waals surface area contributed by atoms with Crippen LogP contribution in [0, 0.1) is 6.92 Å². The third-order valence-corrected chi connectivity index (χ3v) is 2.32. The fourth-order valence-electron chi connectivity index (χ4n) is 1.50. The van der Waals surface area contributed by atoms with Crippen LogP contribution in [0.4, 0.5) is 5.82 Å². The van der Waals surface area contributed by atoms with Crippen LogP contribution in [0.2, 0.25) is 0 Å². The first-order valence-corrected chi connectivity index (χ1v) is 5.20. The van der Waals surface area contributed by atoms with E-state index in [4.69, 9.17) is 0 Å². The highest BCUT2D eigenvalue weighted by Gasteiger charge is 2.09.